The van der Waals surface area contributed by atoms with Gasteiger partial charge >= 0.3 is 6.18 Å². The van der Waals surface area contributed by atoms with Crippen LogP contribution in [-0.4, -0.2) is 26.8 Å². The molecule has 5 nitrogen and oxygen atoms in total. The Kier molecular flexibility index (Phi) is 4.06. The zero-order valence-corrected chi connectivity index (χ0v) is 10.7. The zero-order valence-electron chi connectivity index (χ0n) is 10.7. The van der Waals surface area contributed by atoms with Gasteiger partial charge in [0.15, 0.2) is 0 Å². The molecule has 2 rings (SSSR count). The molecule has 0 aliphatic carbocycles. The van der Waals surface area contributed by atoms with Crippen molar-refractivity contribution >= 4 is 12.0 Å². The molecular formula is C13H11F3N4O. The van der Waals surface area contributed by atoms with Crippen LogP contribution in [0.5, 0.6) is 0 Å². The summed E-state index contributed by atoms with van der Waals surface area (Å²) >= 11 is 0. The Morgan fingerprint density at radius 2 is 1.95 bits per heavy atom. The molecular weight excluding hydrogens is 285 g/mol. The SMILES string of the molecule is NC(=O)C(=Cc1ccn(Cc2ccncc2)n1)C(F)(F)F. The first-order valence-corrected chi connectivity index (χ1v) is 5.87. The van der Waals surface area contributed by atoms with E-state index in [0.717, 1.165) is 5.56 Å². The second-order valence-corrected chi connectivity index (χ2v) is 4.21. The first-order chi connectivity index (χ1) is 9.86. The largest absolute Gasteiger partial charge is 0.421 e. The van der Waals surface area contributed by atoms with Gasteiger partial charge in [0, 0.05) is 18.6 Å². The number of hydrogen-bond acceptors (Lipinski definition) is 3. The number of carbonyl (C=O) groups is 1. The minimum atomic E-state index is -4.80. The summed E-state index contributed by atoms with van der Waals surface area (Å²) in [5, 5.41) is 3.95. The Hall–Kier alpha value is -2.64. The average molecular weight is 296 g/mol. The molecule has 2 aromatic rings. The van der Waals surface area contributed by atoms with Crippen LogP contribution in [0, 0.1) is 0 Å². The average Bonchev–Trinajstić information content (AvgIpc) is 2.83. The van der Waals surface area contributed by atoms with E-state index in [0.29, 0.717) is 12.6 Å². The quantitative estimate of drug-likeness (QED) is 0.874. The Morgan fingerprint density at radius 3 is 2.52 bits per heavy atom. The monoisotopic (exact) mass is 296 g/mol. The molecule has 2 N–H and O–H groups in total. The minimum Gasteiger partial charge on any atom is -0.366 e. The topological polar surface area (TPSA) is 73.8 Å². The standard InChI is InChI=1S/C13H11F3N4O/c14-13(15,16)11(12(17)21)7-10-3-6-20(19-10)8-9-1-4-18-5-2-9/h1-7H,8H2,(H2,17,21). The van der Waals surface area contributed by atoms with Gasteiger partial charge in [-0.15, -0.1) is 0 Å². The van der Waals surface area contributed by atoms with E-state index in [9.17, 15) is 18.0 Å². The predicted octanol–water partition coefficient (Wildman–Crippen LogP) is 1.76. The van der Waals surface area contributed by atoms with E-state index in [1.807, 2.05) is 0 Å². The molecule has 1 amide bonds. The number of pyridine rings is 1. The lowest BCUT2D eigenvalue weighted by Crippen LogP contribution is -2.25. The summed E-state index contributed by atoms with van der Waals surface area (Å²) in [5.74, 6) is -1.54. The fraction of sp³-hybridized carbons (Fsp3) is 0.154. The number of nitrogens with zero attached hydrogens (tertiary/aromatic N) is 3. The number of nitrogens with two attached hydrogens (primary N) is 1. The third-order valence-electron chi connectivity index (χ3n) is 2.62. The minimum absolute atomic E-state index is 0.00943. The highest BCUT2D eigenvalue weighted by atomic mass is 19.4. The molecule has 8 heteroatoms. The maximum absolute atomic E-state index is 12.6. The highest BCUT2D eigenvalue weighted by molar-refractivity contribution is 5.97. The first-order valence-electron chi connectivity index (χ1n) is 5.87. The van der Waals surface area contributed by atoms with Crippen molar-refractivity contribution in [3.63, 3.8) is 0 Å². The van der Waals surface area contributed by atoms with Crippen LogP contribution in [0.25, 0.3) is 6.08 Å². The van der Waals surface area contributed by atoms with Crippen molar-refractivity contribution in [1.29, 1.82) is 0 Å². The van der Waals surface area contributed by atoms with E-state index in [2.05, 4.69) is 10.1 Å². The summed E-state index contributed by atoms with van der Waals surface area (Å²) in [4.78, 5) is 14.7. The number of aromatic nitrogens is 3. The molecule has 0 radical (unpaired) electrons. The summed E-state index contributed by atoms with van der Waals surface area (Å²) in [6.45, 7) is 0.383. The van der Waals surface area contributed by atoms with E-state index < -0.39 is 17.7 Å². The van der Waals surface area contributed by atoms with Gasteiger partial charge in [-0.1, -0.05) is 0 Å². The van der Waals surface area contributed by atoms with E-state index in [4.69, 9.17) is 5.73 Å². The van der Waals surface area contributed by atoms with E-state index in [-0.39, 0.29) is 5.69 Å². The van der Waals surface area contributed by atoms with E-state index in [1.54, 1.807) is 24.5 Å². The third kappa shape index (κ3) is 3.91. The summed E-state index contributed by atoms with van der Waals surface area (Å²) < 4.78 is 39.3. The summed E-state index contributed by atoms with van der Waals surface area (Å²) in [6, 6.07) is 4.90. The van der Waals surface area contributed by atoms with Crippen molar-refractivity contribution < 1.29 is 18.0 Å². The molecule has 0 fully saturated rings. The highest BCUT2D eigenvalue weighted by Gasteiger charge is 2.37. The Morgan fingerprint density at radius 1 is 1.29 bits per heavy atom. The Balaban J connectivity index is 2.21. The predicted molar refractivity (Wildman–Crippen MR) is 68.8 cm³/mol. The molecule has 110 valence electrons. The molecule has 2 heterocycles. The molecule has 0 saturated heterocycles. The van der Waals surface area contributed by atoms with Crippen LogP contribution >= 0.6 is 0 Å². The number of primary amides is 1. The van der Waals surface area contributed by atoms with Crippen molar-refractivity contribution in [2.75, 3.05) is 0 Å². The van der Waals surface area contributed by atoms with Crippen molar-refractivity contribution in [3.05, 3.63) is 53.6 Å². The fourth-order valence-electron chi connectivity index (χ4n) is 1.66. The summed E-state index contributed by atoms with van der Waals surface area (Å²) in [5.41, 5.74) is 4.21. The number of amides is 1. The normalized spacial score (nSPS) is 12.4. The molecule has 2 aromatic heterocycles. The van der Waals surface area contributed by atoms with Crippen molar-refractivity contribution in [2.24, 2.45) is 5.73 Å². The maximum Gasteiger partial charge on any atom is 0.421 e. The van der Waals surface area contributed by atoms with E-state index in [1.165, 1.54) is 16.9 Å². The number of alkyl halides is 3. The Bertz CT molecular complexity index is 662. The van der Waals surface area contributed by atoms with E-state index >= 15 is 0 Å². The molecule has 0 bridgehead atoms. The highest BCUT2D eigenvalue weighted by Crippen LogP contribution is 2.26. The van der Waals surface area contributed by atoms with Gasteiger partial charge in [0.1, 0.15) is 5.57 Å². The van der Waals surface area contributed by atoms with Crippen LogP contribution < -0.4 is 5.73 Å². The van der Waals surface area contributed by atoms with Gasteiger partial charge in [0.2, 0.25) is 0 Å². The lowest BCUT2D eigenvalue weighted by Gasteiger charge is -2.06. The van der Waals surface area contributed by atoms with Crippen LogP contribution in [0.3, 0.4) is 0 Å². The lowest BCUT2D eigenvalue weighted by molar-refractivity contribution is -0.127. The van der Waals surface area contributed by atoms with Crippen LogP contribution in [0.4, 0.5) is 13.2 Å². The fourth-order valence-corrected chi connectivity index (χ4v) is 1.66. The molecule has 0 aliphatic heterocycles. The molecule has 0 atom stereocenters. The van der Waals surface area contributed by atoms with Crippen LogP contribution in [0.1, 0.15) is 11.3 Å². The van der Waals surface area contributed by atoms with Crippen LogP contribution in [0.2, 0.25) is 0 Å². The van der Waals surface area contributed by atoms with Gasteiger partial charge in [-0.3, -0.25) is 14.5 Å². The third-order valence-corrected chi connectivity index (χ3v) is 2.62. The zero-order chi connectivity index (χ0) is 15.5. The maximum atomic E-state index is 12.6. The van der Waals surface area contributed by atoms with Gasteiger partial charge in [-0.05, 0) is 29.8 Å². The number of hydrogen-bond donors (Lipinski definition) is 1. The second-order valence-electron chi connectivity index (χ2n) is 4.21. The van der Waals surface area contributed by atoms with Crippen LogP contribution in [-0.2, 0) is 11.3 Å². The first kappa shape index (κ1) is 14.8. The molecule has 0 spiro atoms. The van der Waals surface area contributed by atoms with Gasteiger partial charge in [0.25, 0.3) is 5.91 Å². The van der Waals surface area contributed by atoms with Gasteiger partial charge in [0.05, 0.1) is 12.2 Å². The smallest absolute Gasteiger partial charge is 0.366 e. The lowest BCUT2D eigenvalue weighted by atomic mass is 10.2. The van der Waals surface area contributed by atoms with Crippen molar-refractivity contribution in [1.82, 2.24) is 14.8 Å². The van der Waals surface area contributed by atoms with Crippen molar-refractivity contribution in [3.8, 4) is 0 Å². The molecule has 21 heavy (non-hydrogen) atoms. The van der Waals surface area contributed by atoms with Crippen LogP contribution in [0.15, 0.2) is 42.4 Å². The van der Waals surface area contributed by atoms with Gasteiger partial charge in [-0.25, -0.2) is 0 Å². The van der Waals surface area contributed by atoms with Gasteiger partial charge in [-0.2, -0.15) is 18.3 Å². The van der Waals surface area contributed by atoms with Crippen molar-refractivity contribution in [2.45, 2.75) is 12.7 Å². The molecule has 0 aromatic carbocycles. The number of rotatable bonds is 4. The number of carbonyl (C=O) groups excluding carboxylic acids is 1. The number of halogens is 3. The summed E-state index contributed by atoms with van der Waals surface area (Å²) in [6.07, 6.45) is 0.552. The summed E-state index contributed by atoms with van der Waals surface area (Å²) in [7, 11) is 0. The van der Waals surface area contributed by atoms with Gasteiger partial charge < -0.3 is 5.73 Å². The Labute approximate surface area is 117 Å². The molecule has 0 aliphatic rings. The molecule has 0 unspecified atom stereocenters. The second kappa shape index (κ2) is 5.78. The molecule has 0 saturated carbocycles.